The summed E-state index contributed by atoms with van der Waals surface area (Å²) >= 11 is 1.59. The van der Waals surface area contributed by atoms with Crippen molar-refractivity contribution in [1.82, 2.24) is 14.8 Å². The summed E-state index contributed by atoms with van der Waals surface area (Å²) in [7, 11) is 0. The predicted octanol–water partition coefficient (Wildman–Crippen LogP) is 8.57. The molecule has 1 saturated heterocycles. The quantitative estimate of drug-likeness (QED) is 0.133. The van der Waals surface area contributed by atoms with Crippen molar-refractivity contribution in [1.29, 1.82) is 0 Å². The van der Waals surface area contributed by atoms with Crippen LogP contribution in [-0.2, 0) is 19.7 Å². The van der Waals surface area contributed by atoms with Crippen LogP contribution in [0.3, 0.4) is 0 Å². The average Bonchev–Trinajstić information content (AvgIpc) is 3.58. The Morgan fingerprint density at radius 2 is 1.38 bits per heavy atom. The number of rotatable bonds is 13. The fourth-order valence-electron chi connectivity index (χ4n) is 6.04. The molecule has 5 nitrogen and oxygen atoms in total. The number of likely N-dealkylation sites (tertiary alicyclic amines) is 1. The van der Waals surface area contributed by atoms with Gasteiger partial charge in [0, 0.05) is 30.9 Å². The molecule has 1 fully saturated rings. The third kappa shape index (κ3) is 8.68. The molecule has 1 aromatic heterocycles. The first-order valence-corrected chi connectivity index (χ1v) is 16.9. The molecule has 6 rings (SSSR count). The lowest BCUT2D eigenvalue weighted by molar-refractivity contribution is 0.0718. The molecule has 45 heavy (non-hydrogen) atoms. The van der Waals surface area contributed by atoms with E-state index in [2.05, 4.69) is 102 Å². The maximum absolute atomic E-state index is 13.1. The number of amides is 1. The molecule has 5 aromatic rings. The van der Waals surface area contributed by atoms with Crippen LogP contribution < -0.4 is 4.74 Å². The van der Waals surface area contributed by atoms with Gasteiger partial charge in [0.15, 0.2) is 0 Å². The zero-order valence-corrected chi connectivity index (χ0v) is 26.6. The van der Waals surface area contributed by atoms with E-state index in [1.165, 1.54) is 23.1 Å². The summed E-state index contributed by atoms with van der Waals surface area (Å²) in [5.41, 5.74) is 5.61. The van der Waals surface area contributed by atoms with Crippen LogP contribution in [0.1, 0.15) is 69.4 Å². The van der Waals surface area contributed by atoms with Gasteiger partial charge >= 0.3 is 0 Å². The van der Waals surface area contributed by atoms with E-state index in [4.69, 9.17) is 9.72 Å². The van der Waals surface area contributed by atoms with Crippen LogP contribution in [0.4, 0.5) is 0 Å². The van der Waals surface area contributed by atoms with Gasteiger partial charge in [-0.1, -0.05) is 103 Å². The lowest BCUT2D eigenvalue weighted by Crippen LogP contribution is -2.35. The van der Waals surface area contributed by atoms with E-state index in [9.17, 15) is 4.79 Å². The van der Waals surface area contributed by atoms with E-state index >= 15 is 0 Å². The molecule has 0 atom stereocenters. The van der Waals surface area contributed by atoms with Gasteiger partial charge in [0.2, 0.25) is 0 Å². The van der Waals surface area contributed by atoms with Gasteiger partial charge in [-0.15, -0.1) is 11.3 Å². The van der Waals surface area contributed by atoms with E-state index in [1.54, 1.807) is 11.3 Å². The molecule has 2 heterocycles. The number of aromatic nitrogens is 1. The van der Waals surface area contributed by atoms with Crippen molar-refractivity contribution in [2.24, 2.45) is 0 Å². The van der Waals surface area contributed by atoms with Crippen LogP contribution >= 0.6 is 11.3 Å². The molecule has 230 valence electrons. The van der Waals surface area contributed by atoms with Gasteiger partial charge in [-0.3, -0.25) is 9.69 Å². The molecule has 1 aliphatic heterocycles. The number of carbonyl (C=O) groups excluding carboxylic acids is 1. The fraction of sp³-hybridized carbons (Fsp3) is 0.282. The second-order valence-electron chi connectivity index (χ2n) is 11.8. The summed E-state index contributed by atoms with van der Waals surface area (Å²) in [6.07, 6.45) is 4.33. The van der Waals surface area contributed by atoms with E-state index in [0.29, 0.717) is 18.8 Å². The highest BCUT2D eigenvalue weighted by molar-refractivity contribution is 7.09. The van der Waals surface area contributed by atoms with Gasteiger partial charge in [-0.25, -0.2) is 4.98 Å². The summed E-state index contributed by atoms with van der Waals surface area (Å²) in [6, 6.07) is 40.3. The van der Waals surface area contributed by atoms with Crippen LogP contribution in [-0.4, -0.2) is 40.3 Å². The first-order chi connectivity index (χ1) is 22.2. The molecule has 0 bridgehead atoms. The van der Waals surface area contributed by atoms with Gasteiger partial charge in [0.25, 0.3) is 5.91 Å². The van der Waals surface area contributed by atoms with Crippen molar-refractivity contribution >= 4 is 17.2 Å². The Labute approximate surface area is 271 Å². The van der Waals surface area contributed by atoms with E-state index in [-0.39, 0.29) is 11.8 Å². The Balaban J connectivity index is 1.17. The maximum atomic E-state index is 13.1. The SMILES string of the molecule is O=C(c1csc(CN(CCC(c2ccccc2)c2ccccc2)Cc2ccc(OCc3ccccc3)cc2)n1)N1CCCCC1. The van der Waals surface area contributed by atoms with E-state index < -0.39 is 0 Å². The molecule has 6 heteroatoms. The number of hydrogen-bond donors (Lipinski definition) is 0. The van der Waals surface area contributed by atoms with Gasteiger partial charge in [0.05, 0.1) is 6.54 Å². The molecule has 1 aliphatic rings. The fourth-order valence-corrected chi connectivity index (χ4v) is 6.85. The molecular formula is C39H41N3O2S. The summed E-state index contributed by atoms with van der Waals surface area (Å²) in [6.45, 7) is 4.59. The van der Waals surface area contributed by atoms with E-state index in [1.807, 2.05) is 28.5 Å². The Hall–Kier alpha value is -4.26. The lowest BCUT2D eigenvalue weighted by Gasteiger charge is -2.26. The summed E-state index contributed by atoms with van der Waals surface area (Å²) in [5.74, 6) is 1.22. The van der Waals surface area contributed by atoms with Gasteiger partial charge in [0.1, 0.15) is 23.1 Å². The topological polar surface area (TPSA) is 45.7 Å². The van der Waals surface area contributed by atoms with Gasteiger partial charge in [-0.05, 0) is 66.6 Å². The summed E-state index contributed by atoms with van der Waals surface area (Å²) in [4.78, 5) is 22.4. The molecule has 4 aromatic carbocycles. The second kappa shape index (κ2) is 15.6. The lowest BCUT2D eigenvalue weighted by atomic mass is 9.88. The van der Waals surface area contributed by atoms with Crippen LogP contribution in [0.15, 0.2) is 121 Å². The third-order valence-corrected chi connectivity index (χ3v) is 9.32. The van der Waals surface area contributed by atoms with Gasteiger partial charge in [-0.2, -0.15) is 0 Å². The summed E-state index contributed by atoms with van der Waals surface area (Å²) < 4.78 is 6.04. The highest BCUT2D eigenvalue weighted by Gasteiger charge is 2.22. The minimum Gasteiger partial charge on any atom is -0.489 e. The minimum absolute atomic E-state index is 0.0723. The number of benzene rings is 4. The number of thiazole rings is 1. The van der Waals surface area contributed by atoms with Crippen LogP contribution in [0.5, 0.6) is 5.75 Å². The Morgan fingerprint density at radius 3 is 2.02 bits per heavy atom. The monoisotopic (exact) mass is 615 g/mol. The number of hydrogen-bond acceptors (Lipinski definition) is 5. The molecule has 0 N–H and O–H groups in total. The molecular weight excluding hydrogens is 575 g/mol. The van der Waals surface area contributed by atoms with Gasteiger partial charge < -0.3 is 9.64 Å². The average molecular weight is 616 g/mol. The summed E-state index contributed by atoms with van der Waals surface area (Å²) in [5, 5.41) is 2.93. The molecule has 0 unspecified atom stereocenters. The standard InChI is InChI=1S/C39H41N3O2S/c43-39(42-24-11-4-12-25-42)37-30-45-38(40-37)28-41(26-23-36(33-15-7-2-8-16-33)34-17-9-3-10-18-34)27-31-19-21-35(22-20-31)44-29-32-13-5-1-6-14-32/h1-3,5-10,13-22,30,36H,4,11-12,23-29H2. The number of carbonyl (C=O) groups is 1. The van der Waals surface area contributed by atoms with Crippen molar-refractivity contribution in [3.05, 3.63) is 154 Å². The Kier molecular flexibility index (Phi) is 10.7. The maximum Gasteiger partial charge on any atom is 0.273 e. The van der Waals surface area contributed by atoms with Crippen molar-refractivity contribution in [3.63, 3.8) is 0 Å². The number of nitrogens with zero attached hydrogens (tertiary/aromatic N) is 3. The number of piperidine rings is 1. The molecule has 0 radical (unpaired) electrons. The van der Waals surface area contributed by atoms with Crippen LogP contribution in [0.25, 0.3) is 0 Å². The second-order valence-corrected chi connectivity index (χ2v) is 12.7. The van der Waals surface area contributed by atoms with Crippen LogP contribution in [0, 0.1) is 0 Å². The third-order valence-electron chi connectivity index (χ3n) is 8.49. The first kappa shape index (κ1) is 30.8. The zero-order chi connectivity index (χ0) is 30.7. The molecule has 0 saturated carbocycles. The van der Waals surface area contributed by atoms with Crippen molar-refractivity contribution in [2.45, 2.75) is 51.3 Å². The van der Waals surface area contributed by atoms with Crippen molar-refractivity contribution in [2.75, 3.05) is 19.6 Å². The first-order valence-electron chi connectivity index (χ1n) is 16.0. The molecule has 0 spiro atoms. The predicted molar refractivity (Wildman–Crippen MR) is 183 cm³/mol. The largest absolute Gasteiger partial charge is 0.489 e. The smallest absolute Gasteiger partial charge is 0.273 e. The highest BCUT2D eigenvalue weighted by Crippen LogP contribution is 2.29. The van der Waals surface area contributed by atoms with Crippen molar-refractivity contribution in [3.8, 4) is 5.75 Å². The Bertz CT molecular complexity index is 1560. The zero-order valence-electron chi connectivity index (χ0n) is 25.8. The molecule has 0 aliphatic carbocycles. The highest BCUT2D eigenvalue weighted by atomic mass is 32.1. The minimum atomic E-state index is 0.0723. The number of ether oxygens (including phenoxy) is 1. The van der Waals surface area contributed by atoms with Crippen LogP contribution in [0.2, 0.25) is 0 Å². The Morgan fingerprint density at radius 1 is 0.756 bits per heavy atom. The normalized spacial score (nSPS) is 13.3. The molecule has 1 amide bonds. The van der Waals surface area contributed by atoms with E-state index in [0.717, 1.165) is 61.8 Å². The van der Waals surface area contributed by atoms with Crippen molar-refractivity contribution < 1.29 is 9.53 Å².